The number of hydrogen-bond acceptors (Lipinski definition) is 5. The maximum Gasteiger partial charge on any atom is 0.323 e. The molecule has 1 atom stereocenters. The van der Waals surface area contributed by atoms with Gasteiger partial charge < -0.3 is 9.47 Å². The fraction of sp³-hybridized carbons (Fsp3) is 0.600. The minimum atomic E-state index is -0.574. The molecule has 0 aromatic heterocycles. The van der Waals surface area contributed by atoms with Gasteiger partial charge in [0.2, 0.25) is 0 Å². The van der Waals surface area contributed by atoms with E-state index in [2.05, 4.69) is 5.32 Å². The lowest BCUT2D eigenvalue weighted by Gasteiger charge is -2.25. The molecule has 0 saturated carbocycles. The van der Waals surface area contributed by atoms with E-state index in [4.69, 9.17) is 9.47 Å². The molecule has 0 bridgehead atoms. The van der Waals surface area contributed by atoms with Crippen molar-refractivity contribution in [2.75, 3.05) is 6.54 Å². The van der Waals surface area contributed by atoms with Gasteiger partial charge in [0.25, 0.3) is 0 Å². The van der Waals surface area contributed by atoms with Crippen LogP contribution in [0.5, 0.6) is 0 Å². The van der Waals surface area contributed by atoms with Gasteiger partial charge in [-0.1, -0.05) is 30.3 Å². The third-order valence-corrected chi connectivity index (χ3v) is 3.17. The van der Waals surface area contributed by atoms with Crippen molar-refractivity contribution in [1.29, 1.82) is 0 Å². The van der Waals surface area contributed by atoms with Gasteiger partial charge in [-0.2, -0.15) is 0 Å². The van der Waals surface area contributed by atoms with Crippen molar-refractivity contribution in [3.8, 4) is 0 Å². The van der Waals surface area contributed by atoms with Crippen LogP contribution in [-0.4, -0.2) is 35.7 Å². The molecule has 0 aliphatic carbocycles. The molecule has 140 valence electrons. The number of aryl methyl sites for hydroxylation is 1. The van der Waals surface area contributed by atoms with Gasteiger partial charge in [0.1, 0.15) is 17.2 Å². The van der Waals surface area contributed by atoms with E-state index in [1.54, 1.807) is 0 Å². The average molecular weight is 349 g/mol. The molecule has 5 nitrogen and oxygen atoms in total. The van der Waals surface area contributed by atoms with Crippen LogP contribution in [0.1, 0.15) is 53.5 Å². The second kappa shape index (κ2) is 8.99. The van der Waals surface area contributed by atoms with Crippen LogP contribution < -0.4 is 5.32 Å². The van der Waals surface area contributed by atoms with Gasteiger partial charge >= 0.3 is 11.9 Å². The summed E-state index contributed by atoms with van der Waals surface area (Å²) in [5.41, 5.74) is 0.00927. The van der Waals surface area contributed by atoms with Crippen molar-refractivity contribution in [1.82, 2.24) is 5.32 Å². The zero-order valence-corrected chi connectivity index (χ0v) is 16.2. The zero-order valence-electron chi connectivity index (χ0n) is 16.2. The van der Waals surface area contributed by atoms with E-state index in [1.807, 2.05) is 71.9 Å². The monoisotopic (exact) mass is 349 g/mol. The van der Waals surface area contributed by atoms with Crippen molar-refractivity contribution >= 4 is 11.9 Å². The summed E-state index contributed by atoms with van der Waals surface area (Å²) < 4.78 is 10.7. The summed E-state index contributed by atoms with van der Waals surface area (Å²) in [6.07, 6.45) is 1.26. The van der Waals surface area contributed by atoms with Crippen molar-refractivity contribution in [3.05, 3.63) is 35.9 Å². The molecule has 5 heteroatoms. The first-order chi connectivity index (χ1) is 11.5. The number of carbonyl (C=O) groups excluding carboxylic acids is 2. The molecule has 0 aliphatic rings. The highest BCUT2D eigenvalue weighted by Gasteiger charge is 2.26. The zero-order chi connectivity index (χ0) is 19.1. The molecule has 25 heavy (non-hydrogen) atoms. The molecule has 1 aromatic carbocycles. The molecule has 1 N–H and O–H groups in total. The third-order valence-electron chi connectivity index (χ3n) is 3.17. The van der Waals surface area contributed by atoms with Crippen LogP contribution in [0.2, 0.25) is 0 Å². The van der Waals surface area contributed by atoms with Crippen molar-refractivity contribution in [3.63, 3.8) is 0 Å². The van der Waals surface area contributed by atoms with Gasteiger partial charge in [-0.25, -0.2) is 0 Å². The molecular formula is C20H31NO4. The van der Waals surface area contributed by atoms with Crippen molar-refractivity contribution in [2.24, 2.45) is 0 Å². The van der Waals surface area contributed by atoms with Crippen molar-refractivity contribution in [2.45, 2.75) is 71.6 Å². The van der Waals surface area contributed by atoms with Gasteiger partial charge in [-0.15, -0.1) is 0 Å². The fourth-order valence-electron chi connectivity index (χ4n) is 2.22. The average Bonchev–Trinajstić information content (AvgIpc) is 2.44. The Kier molecular flexibility index (Phi) is 7.61. The molecule has 0 radical (unpaired) electrons. The predicted octanol–water partition coefficient (Wildman–Crippen LogP) is 3.26. The lowest BCUT2D eigenvalue weighted by atomic mass is 10.0. The summed E-state index contributed by atoms with van der Waals surface area (Å²) in [5.74, 6) is -0.743. The first-order valence-electron chi connectivity index (χ1n) is 8.68. The summed E-state index contributed by atoms with van der Waals surface area (Å²) in [5, 5.41) is 2.99. The molecule has 0 amide bonds. The largest absolute Gasteiger partial charge is 0.459 e. The highest BCUT2D eigenvalue weighted by molar-refractivity contribution is 5.78. The smallest absolute Gasteiger partial charge is 0.323 e. The highest BCUT2D eigenvalue weighted by atomic mass is 16.6. The Morgan fingerprint density at radius 2 is 1.52 bits per heavy atom. The van der Waals surface area contributed by atoms with Crippen LogP contribution in [0, 0.1) is 0 Å². The van der Waals surface area contributed by atoms with E-state index in [-0.39, 0.29) is 18.5 Å². The number of esters is 2. The molecule has 0 heterocycles. The Balaban J connectivity index is 2.67. The molecule has 1 aromatic rings. The Hall–Kier alpha value is -1.88. The normalized spacial score (nSPS) is 13.2. The second-order valence-corrected chi connectivity index (χ2v) is 8.08. The van der Waals surface area contributed by atoms with Crippen LogP contribution >= 0.6 is 0 Å². The Labute approximate surface area is 151 Å². The van der Waals surface area contributed by atoms with Crippen LogP contribution in [0.25, 0.3) is 0 Å². The fourth-order valence-corrected chi connectivity index (χ4v) is 2.22. The topological polar surface area (TPSA) is 64.6 Å². The summed E-state index contributed by atoms with van der Waals surface area (Å²) in [7, 11) is 0. The molecule has 0 saturated heterocycles. The summed E-state index contributed by atoms with van der Waals surface area (Å²) >= 11 is 0. The number of rotatable bonds is 7. The van der Waals surface area contributed by atoms with E-state index < -0.39 is 17.2 Å². The first kappa shape index (κ1) is 21.2. The van der Waals surface area contributed by atoms with E-state index >= 15 is 0 Å². The predicted molar refractivity (Wildman–Crippen MR) is 98.2 cm³/mol. The minimum Gasteiger partial charge on any atom is -0.459 e. The number of hydrogen-bond donors (Lipinski definition) is 1. The van der Waals surface area contributed by atoms with Crippen LogP contribution in [0.15, 0.2) is 30.3 Å². The van der Waals surface area contributed by atoms with Gasteiger partial charge in [-0.3, -0.25) is 14.9 Å². The number of nitrogens with one attached hydrogen (secondary N) is 1. The number of ether oxygens (including phenoxy) is 2. The van der Waals surface area contributed by atoms with Gasteiger partial charge in [0.15, 0.2) is 0 Å². The van der Waals surface area contributed by atoms with Crippen LogP contribution in [0.4, 0.5) is 0 Å². The minimum absolute atomic E-state index is 0.0318. The second-order valence-electron chi connectivity index (χ2n) is 8.08. The Morgan fingerprint density at radius 1 is 0.960 bits per heavy atom. The van der Waals surface area contributed by atoms with Crippen molar-refractivity contribution < 1.29 is 19.1 Å². The lowest BCUT2D eigenvalue weighted by molar-refractivity contribution is -0.158. The molecule has 1 rings (SSSR count). The molecule has 0 unspecified atom stereocenters. The maximum atomic E-state index is 12.4. The number of carbonyl (C=O) groups is 2. The quantitative estimate of drug-likeness (QED) is 0.766. The van der Waals surface area contributed by atoms with E-state index in [9.17, 15) is 9.59 Å². The number of benzene rings is 1. The van der Waals surface area contributed by atoms with Crippen LogP contribution in [-0.2, 0) is 25.5 Å². The van der Waals surface area contributed by atoms with E-state index in [1.165, 1.54) is 0 Å². The van der Waals surface area contributed by atoms with Gasteiger partial charge in [0, 0.05) is 0 Å². The Morgan fingerprint density at radius 3 is 2.04 bits per heavy atom. The first-order valence-corrected chi connectivity index (χ1v) is 8.68. The molecular weight excluding hydrogens is 318 g/mol. The van der Waals surface area contributed by atoms with Gasteiger partial charge in [0.05, 0.1) is 6.54 Å². The van der Waals surface area contributed by atoms with Gasteiger partial charge in [-0.05, 0) is 59.9 Å². The summed E-state index contributed by atoms with van der Waals surface area (Å²) in [6, 6.07) is 9.35. The third kappa shape index (κ3) is 9.87. The SMILES string of the molecule is CC(C)(C)OC(=O)CN[C@@H](CCc1ccccc1)C(=O)OC(C)(C)C. The molecule has 0 fully saturated rings. The van der Waals surface area contributed by atoms with Crippen LogP contribution in [0.3, 0.4) is 0 Å². The standard InChI is InChI=1S/C20H31NO4/c1-19(2,3)24-17(22)14-21-16(18(23)25-20(4,5)6)13-12-15-10-8-7-9-11-15/h7-11,16,21H,12-14H2,1-6H3/t16-/m0/s1. The molecule has 0 aliphatic heterocycles. The summed E-state index contributed by atoms with van der Waals surface area (Å²) in [6.45, 7) is 10.9. The lowest BCUT2D eigenvalue weighted by Crippen LogP contribution is -2.44. The Bertz CT molecular complexity index is 555. The maximum absolute atomic E-state index is 12.4. The summed E-state index contributed by atoms with van der Waals surface area (Å²) in [4.78, 5) is 24.3. The highest BCUT2D eigenvalue weighted by Crippen LogP contribution is 2.12. The molecule has 0 spiro atoms. The van der Waals surface area contributed by atoms with E-state index in [0.29, 0.717) is 12.8 Å². The van der Waals surface area contributed by atoms with E-state index in [0.717, 1.165) is 5.56 Å².